The Labute approximate surface area is 218 Å². The summed E-state index contributed by atoms with van der Waals surface area (Å²) in [6, 6.07) is 13.7. The van der Waals surface area contributed by atoms with E-state index in [0.717, 1.165) is 15.8 Å². The monoisotopic (exact) mass is 581 g/mol. The number of anilines is 1. The highest BCUT2D eigenvalue weighted by molar-refractivity contribution is 9.10. The van der Waals surface area contributed by atoms with Gasteiger partial charge in [0.05, 0.1) is 20.7 Å². The first-order valence-electron chi connectivity index (χ1n) is 10.4. The molecule has 9 nitrogen and oxygen atoms in total. The van der Waals surface area contributed by atoms with Crippen LogP contribution in [0.15, 0.2) is 80.2 Å². The Kier molecular flexibility index (Phi) is 5.25. The van der Waals surface area contributed by atoms with E-state index in [0.29, 0.717) is 26.1 Å². The molecule has 36 heavy (non-hydrogen) atoms. The molecule has 1 unspecified atom stereocenters. The Morgan fingerprint density at radius 3 is 2.78 bits per heavy atom. The summed E-state index contributed by atoms with van der Waals surface area (Å²) in [4.78, 5) is 44.0. The number of thiophene rings is 1. The van der Waals surface area contributed by atoms with Gasteiger partial charge in [0, 0.05) is 26.9 Å². The van der Waals surface area contributed by atoms with Crippen LogP contribution in [-0.2, 0) is 4.79 Å². The number of nitro groups is 1. The van der Waals surface area contributed by atoms with Gasteiger partial charge in [-0.05, 0) is 41.8 Å². The summed E-state index contributed by atoms with van der Waals surface area (Å²) in [5.74, 6) is -2.11. The van der Waals surface area contributed by atoms with Crippen molar-refractivity contribution < 1.29 is 24.0 Å². The van der Waals surface area contributed by atoms with Crippen molar-refractivity contribution in [1.82, 2.24) is 4.98 Å². The topological polar surface area (TPSA) is 127 Å². The van der Waals surface area contributed by atoms with Gasteiger partial charge < -0.3 is 9.52 Å². The first-order valence-corrected chi connectivity index (χ1v) is 12.9. The van der Waals surface area contributed by atoms with Gasteiger partial charge in [0.1, 0.15) is 11.6 Å². The van der Waals surface area contributed by atoms with Gasteiger partial charge in [0.15, 0.2) is 16.7 Å². The maximum absolute atomic E-state index is 13.6. The zero-order valence-electron chi connectivity index (χ0n) is 17.9. The number of fused-ring (bicyclic) bond motifs is 2. The summed E-state index contributed by atoms with van der Waals surface area (Å²) in [6.45, 7) is 0. The number of Topliss-reactive ketones (excluding diaryl/α,β-unsaturated/α-hetero) is 1. The average Bonchev–Trinajstić information content (AvgIpc) is 3.63. The Morgan fingerprint density at radius 2 is 2.03 bits per heavy atom. The maximum atomic E-state index is 13.6. The molecule has 0 fully saturated rings. The molecule has 1 N–H and O–H groups in total. The normalized spacial score (nSPS) is 16.0. The van der Waals surface area contributed by atoms with E-state index in [1.807, 2.05) is 0 Å². The number of hydrogen-bond donors (Lipinski definition) is 1. The Hall–Kier alpha value is -3.87. The van der Waals surface area contributed by atoms with E-state index in [2.05, 4.69) is 20.9 Å². The summed E-state index contributed by atoms with van der Waals surface area (Å²) < 4.78 is 7.06. The highest BCUT2D eigenvalue weighted by atomic mass is 79.9. The summed E-state index contributed by atoms with van der Waals surface area (Å²) in [7, 11) is 0. The van der Waals surface area contributed by atoms with Gasteiger partial charge in [0.25, 0.3) is 11.6 Å². The number of benzene rings is 2. The van der Waals surface area contributed by atoms with Crippen molar-refractivity contribution in [3.8, 4) is 0 Å². The van der Waals surface area contributed by atoms with Crippen LogP contribution in [0.5, 0.6) is 0 Å². The van der Waals surface area contributed by atoms with Gasteiger partial charge in [-0.1, -0.05) is 33.3 Å². The lowest BCUT2D eigenvalue weighted by molar-refractivity contribution is -0.384. The molecule has 1 atom stereocenters. The number of aromatic nitrogens is 1. The fourth-order valence-corrected chi connectivity index (χ4v) is 6.35. The van der Waals surface area contributed by atoms with Crippen molar-refractivity contribution in [2.24, 2.45) is 0 Å². The Bertz CT molecular complexity index is 1750. The first kappa shape index (κ1) is 22.6. The lowest BCUT2D eigenvalue weighted by Gasteiger charge is -2.22. The predicted octanol–water partition coefficient (Wildman–Crippen LogP) is 6.56. The van der Waals surface area contributed by atoms with Crippen LogP contribution in [0.3, 0.4) is 0 Å². The van der Waals surface area contributed by atoms with E-state index in [9.17, 15) is 24.8 Å². The molecule has 178 valence electrons. The van der Waals surface area contributed by atoms with Crippen molar-refractivity contribution in [3.05, 3.63) is 96.5 Å². The number of hydrogen-bond acceptors (Lipinski definition) is 9. The van der Waals surface area contributed by atoms with E-state index >= 15 is 0 Å². The van der Waals surface area contributed by atoms with E-state index in [4.69, 9.17) is 4.42 Å². The van der Waals surface area contributed by atoms with Gasteiger partial charge in [0.2, 0.25) is 5.78 Å². The van der Waals surface area contributed by atoms with Gasteiger partial charge >= 0.3 is 0 Å². The molecule has 12 heteroatoms. The van der Waals surface area contributed by atoms with Crippen LogP contribution >= 0.6 is 38.6 Å². The highest BCUT2D eigenvalue weighted by Crippen LogP contribution is 2.46. The third-order valence-corrected chi connectivity index (χ3v) is 8.18. The minimum absolute atomic E-state index is 0.0132. The summed E-state index contributed by atoms with van der Waals surface area (Å²) in [5.41, 5.74) is 0.725. The lowest BCUT2D eigenvalue weighted by atomic mass is 10.0. The SMILES string of the molecule is O=C(C1=C(O)C(=O)N(c2nc3ccc([N+](=O)[O-])cc3s2)C1c1cccs1)c1cc2cc(Br)ccc2o1. The number of thiazole rings is 1. The van der Waals surface area contributed by atoms with Crippen LogP contribution in [0.4, 0.5) is 10.8 Å². The summed E-state index contributed by atoms with van der Waals surface area (Å²) in [5, 5.41) is 24.8. The number of amides is 1. The van der Waals surface area contributed by atoms with Crippen LogP contribution < -0.4 is 4.90 Å². The van der Waals surface area contributed by atoms with E-state index in [-0.39, 0.29) is 22.2 Å². The second-order valence-corrected chi connectivity index (χ2v) is 10.8. The van der Waals surface area contributed by atoms with Crippen LogP contribution in [0.1, 0.15) is 21.5 Å². The van der Waals surface area contributed by atoms with Crippen molar-refractivity contribution in [2.75, 3.05) is 4.90 Å². The molecule has 1 aliphatic heterocycles. The number of aliphatic hydroxyl groups is 1. The number of aliphatic hydroxyl groups excluding tert-OH is 1. The number of carbonyl (C=O) groups is 2. The maximum Gasteiger partial charge on any atom is 0.296 e. The second kappa shape index (κ2) is 8.36. The zero-order chi connectivity index (χ0) is 25.1. The van der Waals surface area contributed by atoms with Crippen molar-refractivity contribution in [2.45, 2.75) is 6.04 Å². The Balaban J connectivity index is 1.47. The number of ketones is 1. The number of rotatable bonds is 5. The fourth-order valence-electron chi connectivity index (χ4n) is 4.13. The van der Waals surface area contributed by atoms with Crippen molar-refractivity contribution in [1.29, 1.82) is 0 Å². The average molecular weight is 582 g/mol. The van der Waals surface area contributed by atoms with E-state index < -0.39 is 28.4 Å². The van der Waals surface area contributed by atoms with Crippen LogP contribution in [0.25, 0.3) is 21.2 Å². The molecular weight excluding hydrogens is 570 g/mol. The minimum Gasteiger partial charge on any atom is -0.503 e. The standard InChI is InChI=1S/C24H12BrN3O6S2/c25-12-3-6-15-11(8-12)9-16(34-15)21(29)19-20(17-2-1-7-35-17)27(23(31)22(19)30)24-26-14-5-4-13(28(32)33)10-18(14)36-24/h1-10,20,30H. The molecule has 0 spiro atoms. The number of halogens is 1. The molecule has 2 aromatic carbocycles. The van der Waals surface area contributed by atoms with Crippen LogP contribution in [-0.4, -0.2) is 26.7 Å². The molecular formula is C24H12BrN3O6S2. The molecule has 0 aliphatic carbocycles. The number of nitrogens with zero attached hydrogens (tertiary/aromatic N) is 3. The molecule has 1 amide bonds. The number of nitro benzene ring substituents is 1. The highest BCUT2D eigenvalue weighted by Gasteiger charge is 2.47. The number of furan rings is 1. The molecule has 0 saturated carbocycles. The van der Waals surface area contributed by atoms with Gasteiger partial charge in [-0.2, -0.15) is 0 Å². The van der Waals surface area contributed by atoms with Gasteiger partial charge in [-0.3, -0.25) is 24.6 Å². The Morgan fingerprint density at radius 1 is 1.19 bits per heavy atom. The van der Waals surface area contributed by atoms with Crippen LogP contribution in [0.2, 0.25) is 0 Å². The summed E-state index contributed by atoms with van der Waals surface area (Å²) >= 11 is 5.77. The van der Waals surface area contributed by atoms with Gasteiger partial charge in [-0.15, -0.1) is 11.3 Å². The molecule has 6 rings (SSSR count). The van der Waals surface area contributed by atoms with Crippen molar-refractivity contribution >= 4 is 82.3 Å². The molecule has 0 bridgehead atoms. The van der Waals surface area contributed by atoms with E-state index in [1.54, 1.807) is 41.8 Å². The first-order chi connectivity index (χ1) is 17.3. The molecule has 0 saturated heterocycles. The largest absolute Gasteiger partial charge is 0.503 e. The fraction of sp³-hybridized carbons (Fsp3) is 0.0417. The predicted molar refractivity (Wildman–Crippen MR) is 139 cm³/mol. The number of carbonyl (C=O) groups excluding carboxylic acids is 2. The third kappa shape index (κ3) is 3.53. The quantitative estimate of drug-likeness (QED) is 0.141. The smallest absolute Gasteiger partial charge is 0.296 e. The number of non-ortho nitro benzene ring substituents is 1. The minimum atomic E-state index is -0.944. The van der Waals surface area contributed by atoms with Gasteiger partial charge in [-0.25, -0.2) is 4.98 Å². The van der Waals surface area contributed by atoms with Crippen LogP contribution in [0, 0.1) is 10.1 Å². The third-order valence-electron chi connectivity index (χ3n) is 5.75. The molecule has 4 heterocycles. The zero-order valence-corrected chi connectivity index (χ0v) is 21.1. The van der Waals surface area contributed by atoms with Crippen molar-refractivity contribution in [3.63, 3.8) is 0 Å². The molecule has 5 aromatic rings. The van der Waals surface area contributed by atoms with E-state index in [1.165, 1.54) is 34.4 Å². The molecule has 3 aromatic heterocycles. The second-order valence-electron chi connectivity index (χ2n) is 7.88. The molecule has 1 aliphatic rings. The molecule has 0 radical (unpaired) electrons. The summed E-state index contributed by atoms with van der Waals surface area (Å²) in [6.07, 6.45) is 0. The lowest BCUT2D eigenvalue weighted by Crippen LogP contribution is -2.30.